The molecule has 0 spiro atoms. The first kappa shape index (κ1) is 15.7. The Morgan fingerprint density at radius 2 is 1.69 bits per heavy atom. The van der Waals surface area contributed by atoms with Gasteiger partial charge in [-0.3, -0.25) is 0 Å². The zero-order valence-electron chi connectivity index (χ0n) is 11.8. The van der Waals surface area contributed by atoms with Crippen LogP contribution in [0.4, 0.5) is 0 Å². The molecule has 1 atom stereocenters. The molecular weight excluding hydrogens is 212 g/mol. The van der Waals surface area contributed by atoms with Gasteiger partial charge in [0.2, 0.25) is 0 Å². The summed E-state index contributed by atoms with van der Waals surface area (Å²) in [5.41, 5.74) is 0. The second-order valence-corrected chi connectivity index (χ2v) is 5.99. The fourth-order valence-electron chi connectivity index (χ4n) is 1.69. The van der Waals surface area contributed by atoms with E-state index in [1.165, 1.54) is 24.1 Å². The van der Waals surface area contributed by atoms with Crippen molar-refractivity contribution < 1.29 is 0 Å². The van der Waals surface area contributed by atoms with Crippen LogP contribution in [0.3, 0.4) is 0 Å². The average Bonchev–Trinajstić information content (AvgIpc) is 2.67. The number of rotatable bonds is 5. The molecular formula is C15H28S. The van der Waals surface area contributed by atoms with Gasteiger partial charge in [0, 0.05) is 9.75 Å². The van der Waals surface area contributed by atoms with Crippen LogP contribution in [0.15, 0.2) is 12.1 Å². The molecule has 1 rings (SSSR count). The maximum atomic E-state index is 2.35. The van der Waals surface area contributed by atoms with Gasteiger partial charge in [-0.15, -0.1) is 11.3 Å². The molecule has 0 N–H and O–H groups in total. The summed E-state index contributed by atoms with van der Waals surface area (Å²) in [6.07, 6.45) is 4.09. The summed E-state index contributed by atoms with van der Waals surface area (Å²) in [5, 5.41) is 0. The van der Waals surface area contributed by atoms with E-state index in [0.717, 1.165) is 11.8 Å². The van der Waals surface area contributed by atoms with Crippen molar-refractivity contribution in [2.75, 3.05) is 0 Å². The van der Waals surface area contributed by atoms with Crippen molar-refractivity contribution >= 4 is 11.3 Å². The minimum atomic E-state index is 0.757. The molecule has 1 heteroatoms. The van der Waals surface area contributed by atoms with Gasteiger partial charge in [-0.2, -0.15) is 0 Å². The van der Waals surface area contributed by atoms with Crippen molar-refractivity contribution in [2.24, 2.45) is 5.92 Å². The highest BCUT2D eigenvalue weighted by Gasteiger charge is 2.07. The molecule has 1 unspecified atom stereocenters. The predicted molar refractivity (Wildman–Crippen MR) is 77.5 cm³/mol. The lowest BCUT2D eigenvalue weighted by atomic mass is 9.99. The van der Waals surface area contributed by atoms with Gasteiger partial charge in [0.05, 0.1) is 0 Å². The van der Waals surface area contributed by atoms with Crippen LogP contribution >= 0.6 is 11.3 Å². The second-order valence-electron chi connectivity index (χ2n) is 4.67. The van der Waals surface area contributed by atoms with E-state index in [-0.39, 0.29) is 0 Å². The maximum Gasteiger partial charge on any atom is 0.00762 e. The van der Waals surface area contributed by atoms with Crippen molar-refractivity contribution in [3.63, 3.8) is 0 Å². The lowest BCUT2D eigenvalue weighted by molar-refractivity contribution is 0.515. The SMILES string of the molecule is CC.Cc1ccc(C(C)CCCC(C)C)s1. The molecule has 1 aromatic rings. The first-order valence-electron chi connectivity index (χ1n) is 6.66. The van der Waals surface area contributed by atoms with Crippen molar-refractivity contribution in [3.05, 3.63) is 21.9 Å². The molecule has 0 saturated heterocycles. The van der Waals surface area contributed by atoms with Crippen LogP contribution in [-0.4, -0.2) is 0 Å². The van der Waals surface area contributed by atoms with E-state index in [1.807, 2.05) is 25.2 Å². The smallest absolute Gasteiger partial charge is 0.00762 e. The highest BCUT2D eigenvalue weighted by Crippen LogP contribution is 2.28. The summed E-state index contributed by atoms with van der Waals surface area (Å²) < 4.78 is 0. The van der Waals surface area contributed by atoms with E-state index < -0.39 is 0 Å². The summed E-state index contributed by atoms with van der Waals surface area (Å²) in [5.74, 6) is 1.61. The fourth-order valence-corrected chi connectivity index (χ4v) is 2.66. The summed E-state index contributed by atoms with van der Waals surface area (Å²) >= 11 is 1.95. The molecule has 16 heavy (non-hydrogen) atoms. The fraction of sp³-hybridized carbons (Fsp3) is 0.733. The molecule has 0 saturated carbocycles. The zero-order valence-corrected chi connectivity index (χ0v) is 12.7. The summed E-state index contributed by atoms with van der Waals surface area (Å²) in [6, 6.07) is 4.53. The number of thiophene rings is 1. The van der Waals surface area contributed by atoms with Crippen LogP contribution in [0, 0.1) is 12.8 Å². The highest BCUT2D eigenvalue weighted by atomic mass is 32.1. The molecule has 0 bridgehead atoms. The van der Waals surface area contributed by atoms with E-state index in [2.05, 4.69) is 39.8 Å². The molecule has 94 valence electrons. The molecule has 0 radical (unpaired) electrons. The van der Waals surface area contributed by atoms with Crippen LogP contribution in [0.25, 0.3) is 0 Å². The first-order chi connectivity index (χ1) is 7.59. The molecule has 0 nitrogen and oxygen atoms in total. The summed E-state index contributed by atoms with van der Waals surface area (Å²) in [7, 11) is 0. The van der Waals surface area contributed by atoms with Crippen LogP contribution in [0.2, 0.25) is 0 Å². The Morgan fingerprint density at radius 3 is 2.12 bits per heavy atom. The van der Waals surface area contributed by atoms with Crippen molar-refractivity contribution in [3.8, 4) is 0 Å². The van der Waals surface area contributed by atoms with Crippen molar-refractivity contribution in [2.45, 2.75) is 66.7 Å². The summed E-state index contributed by atoms with van der Waals surface area (Å²) in [6.45, 7) is 13.2. The Hall–Kier alpha value is -0.300. The van der Waals surface area contributed by atoms with E-state index >= 15 is 0 Å². The molecule has 0 aliphatic heterocycles. The van der Waals surface area contributed by atoms with Gasteiger partial charge in [-0.25, -0.2) is 0 Å². The Bertz CT molecular complexity index is 260. The monoisotopic (exact) mass is 240 g/mol. The van der Waals surface area contributed by atoms with E-state index in [4.69, 9.17) is 0 Å². The van der Waals surface area contributed by atoms with Gasteiger partial charge in [0.25, 0.3) is 0 Å². The first-order valence-corrected chi connectivity index (χ1v) is 7.47. The standard InChI is InChI=1S/C13H22S.C2H6/c1-10(2)6-5-7-11(3)13-9-8-12(4)14-13;1-2/h8-11H,5-7H2,1-4H3;1-2H3. The second kappa shape index (κ2) is 8.81. The van der Waals surface area contributed by atoms with Gasteiger partial charge < -0.3 is 0 Å². The lowest BCUT2D eigenvalue weighted by Gasteiger charge is -2.10. The van der Waals surface area contributed by atoms with Gasteiger partial charge in [-0.1, -0.05) is 47.5 Å². The van der Waals surface area contributed by atoms with Crippen molar-refractivity contribution in [1.82, 2.24) is 0 Å². The van der Waals surface area contributed by atoms with E-state index in [1.54, 1.807) is 4.88 Å². The van der Waals surface area contributed by atoms with Gasteiger partial charge in [-0.05, 0) is 37.3 Å². The topological polar surface area (TPSA) is 0 Å². The molecule has 1 heterocycles. The Kier molecular flexibility index (Phi) is 8.64. The predicted octanol–water partition coefficient (Wildman–Crippen LogP) is 6.01. The Balaban J connectivity index is 0.00000106. The molecule has 0 fully saturated rings. The lowest BCUT2D eigenvalue weighted by Crippen LogP contribution is -1.93. The van der Waals surface area contributed by atoms with Crippen molar-refractivity contribution in [1.29, 1.82) is 0 Å². The number of aryl methyl sites for hydroxylation is 1. The Labute approximate surface area is 106 Å². The maximum absolute atomic E-state index is 2.35. The third-order valence-corrected chi connectivity index (χ3v) is 3.90. The van der Waals surface area contributed by atoms with E-state index in [0.29, 0.717) is 0 Å². The van der Waals surface area contributed by atoms with E-state index in [9.17, 15) is 0 Å². The molecule has 0 aliphatic rings. The molecule has 1 aromatic heterocycles. The van der Waals surface area contributed by atoms with Gasteiger partial charge in [0.15, 0.2) is 0 Å². The minimum absolute atomic E-state index is 0.757. The van der Waals surface area contributed by atoms with Gasteiger partial charge >= 0.3 is 0 Å². The van der Waals surface area contributed by atoms with Gasteiger partial charge in [0.1, 0.15) is 0 Å². The molecule has 0 amide bonds. The number of hydrogen-bond donors (Lipinski definition) is 0. The Morgan fingerprint density at radius 1 is 1.06 bits per heavy atom. The zero-order chi connectivity index (χ0) is 12.6. The van der Waals surface area contributed by atoms with Crippen LogP contribution < -0.4 is 0 Å². The molecule has 0 aliphatic carbocycles. The number of hydrogen-bond acceptors (Lipinski definition) is 1. The molecule has 0 aromatic carbocycles. The average molecular weight is 240 g/mol. The normalized spacial score (nSPS) is 12.2. The largest absolute Gasteiger partial charge is 0.145 e. The minimum Gasteiger partial charge on any atom is -0.145 e. The van der Waals surface area contributed by atoms with Crippen LogP contribution in [-0.2, 0) is 0 Å². The van der Waals surface area contributed by atoms with Crippen LogP contribution in [0.5, 0.6) is 0 Å². The third kappa shape index (κ3) is 6.32. The highest BCUT2D eigenvalue weighted by molar-refractivity contribution is 7.12. The third-order valence-electron chi connectivity index (χ3n) is 2.67. The summed E-state index contributed by atoms with van der Waals surface area (Å²) in [4.78, 5) is 3.00. The quantitative estimate of drug-likeness (QED) is 0.591. The van der Waals surface area contributed by atoms with Crippen LogP contribution in [0.1, 0.15) is 69.6 Å².